The second kappa shape index (κ2) is 7.55. The van der Waals surface area contributed by atoms with Crippen LogP contribution in [0, 0.1) is 5.92 Å². The molecule has 0 saturated heterocycles. The molecule has 7 nitrogen and oxygen atoms in total. The number of hydrazine groups is 1. The largest absolute Gasteiger partial charge is 0.497 e. The first kappa shape index (κ1) is 16.7. The van der Waals surface area contributed by atoms with E-state index < -0.39 is 6.04 Å². The zero-order valence-electron chi connectivity index (χ0n) is 13.4. The highest BCUT2D eigenvalue weighted by atomic mass is 16.5. The van der Waals surface area contributed by atoms with Crippen LogP contribution in [0.2, 0.25) is 0 Å². The summed E-state index contributed by atoms with van der Waals surface area (Å²) < 4.78 is 5.19. The van der Waals surface area contributed by atoms with E-state index in [9.17, 15) is 4.79 Å². The molecule has 3 N–H and O–H groups in total. The molecular formula is C16H21N5O2. The van der Waals surface area contributed by atoms with Gasteiger partial charge in [-0.3, -0.25) is 5.01 Å². The van der Waals surface area contributed by atoms with Crippen LogP contribution in [0.4, 0.5) is 17.5 Å². The number of nitrogens with two attached hydrogens (primary N) is 1. The van der Waals surface area contributed by atoms with Gasteiger partial charge in [-0.05, 0) is 24.1 Å². The van der Waals surface area contributed by atoms with Gasteiger partial charge in [-0.2, -0.15) is 4.98 Å². The van der Waals surface area contributed by atoms with Crippen molar-refractivity contribution in [2.45, 2.75) is 19.9 Å². The van der Waals surface area contributed by atoms with Crippen LogP contribution in [-0.2, 0) is 4.79 Å². The Morgan fingerprint density at radius 2 is 2.13 bits per heavy atom. The minimum absolute atomic E-state index is 0.0519. The number of aldehydes is 1. The van der Waals surface area contributed by atoms with Gasteiger partial charge >= 0.3 is 0 Å². The van der Waals surface area contributed by atoms with Gasteiger partial charge in [0, 0.05) is 18.0 Å². The monoisotopic (exact) mass is 315 g/mol. The molecule has 0 fully saturated rings. The maximum atomic E-state index is 11.2. The third-order valence-electron chi connectivity index (χ3n) is 3.36. The lowest BCUT2D eigenvalue weighted by Gasteiger charge is -2.25. The number of carbonyl (C=O) groups excluding carboxylic acids is 1. The molecule has 1 aromatic heterocycles. The lowest BCUT2D eigenvalue weighted by molar-refractivity contribution is -0.109. The van der Waals surface area contributed by atoms with E-state index in [0.717, 1.165) is 17.7 Å². The molecule has 0 spiro atoms. The number of hydrogen-bond donors (Lipinski definition) is 2. The second-order valence-electron chi connectivity index (χ2n) is 5.38. The van der Waals surface area contributed by atoms with Gasteiger partial charge in [-0.25, -0.2) is 10.8 Å². The Balaban J connectivity index is 2.20. The molecule has 0 bridgehead atoms. The number of nitrogens with zero attached hydrogens (tertiary/aromatic N) is 3. The molecule has 1 heterocycles. The Kier molecular flexibility index (Phi) is 5.48. The molecule has 7 heteroatoms. The van der Waals surface area contributed by atoms with Crippen LogP contribution in [0.3, 0.4) is 0 Å². The molecule has 2 rings (SSSR count). The first-order valence-electron chi connectivity index (χ1n) is 7.28. The average molecular weight is 315 g/mol. The Bertz CT molecular complexity index is 662. The van der Waals surface area contributed by atoms with Gasteiger partial charge in [-0.15, -0.1) is 0 Å². The molecular weight excluding hydrogens is 294 g/mol. The minimum Gasteiger partial charge on any atom is -0.497 e. The van der Waals surface area contributed by atoms with Crippen LogP contribution >= 0.6 is 0 Å². The van der Waals surface area contributed by atoms with Crippen molar-refractivity contribution >= 4 is 23.7 Å². The summed E-state index contributed by atoms with van der Waals surface area (Å²) in [6.07, 6.45) is 2.39. The van der Waals surface area contributed by atoms with Crippen molar-refractivity contribution in [1.82, 2.24) is 9.97 Å². The minimum atomic E-state index is -0.484. The number of methoxy groups -OCH3 is 1. The van der Waals surface area contributed by atoms with E-state index in [1.54, 1.807) is 19.4 Å². The maximum absolute atomic E-state index is 11.2. The summed E-state index contributed by atoms with van der Waals surface area (Å²) in [5.74, 6) is 7.64. The standard InChI is InChI=1S/C16H21N5O2/c1-11(2)14(10-22)21(17)16-18-8-7-15(20-16)19-12-5-4-6-13(9-12)23-3/h4-11,14H,17H2,1-3H3,(H,18,19,20)/t14-/m0/s1. The van der Waals surface area contributed by atoms with Gasteiger partial charge in [0.05, 0.1) is 7.11 Å². The van der Waals surface area contributed by atoms with Gasteiger partial charge in [0.15, 0.2) is 0 Å². The van der Waals surface area contributed by atoms with Crippen molar-refractivity contribution in [3.63, 3.8) is 0 Å². The fourth-order valence-electron chi connectivity index (χ4n) is 2.07. The zero-order chi connectivity index (χ0) is 16.8. The van der Waals surface area contributed by atoms with Crippen LogP contribution in [0.25, 0.3) is 0 Å². The van der Waals surface area contributed by atoms with Gasteiger partial charge in [0.2, 0.25) is 5.95 Å². The fourth-order valence-corrected chi connectivity index (χ4v) is 2.07. The smallest absolute Gasteiger partial charge is 0.242 e. The predicted molar refractivity (Wildman–Crippen MR) is 89.7 cm³/mol. The Hall–Kier alpha value is -2.67. The topological polar surface area (TPSA) is 93.4 Å². The fraction of sp³-hybridized carbons (Fsp3) is 0.312. The Labute approximate surface area is 135 Å². The first-order valence-corrected chi connectivity index (χ1v) is 7.28. The van der Waals surface area contributed by atoms with Crippen LogP contribution < -0.4 is 20.9 Å². The van der Waals surface area contributed by atoms with E-state index in [0.29, 0.717) is 5.82 Å². The van der Waals surface area contributed by atoms with E-state index in [2.05, 4.69) is 15.3 Å². The van der Waals surface area contributed by atoms with Gasteiger partial charge < -0.3 is 14.8 Å². The number of rotatable bonds is 7. The molecule has 0 amide bonds. The van der Waals surface area contributed by atoms with Crippen LogP contribution in [0.15, 0.2) is 36.5 Å². The molecule has 1 atom stereocenters. The van der Waals surface area contributed by atoms with Crippen molar-refractivity contribution in [1.29, 1.82) is 0 Å². The summed E-state index contributed by atoms with van der Waals surface area (Å²) in [4.78, 5) is 19.7. The molecule has 1 aromatic carbocycles. The van der Waals surface area contributed by atoms with E-state index in [1.165, 1.54) is 5.01 Å². The third kappa shape index (κ3) is 4.17. The molecule has 23 heavy (non-hydrogen) atoms. The van der Waals surface area contributed by atoms with E-state index >= 15 is 0 Å². The lowest BCUT2D eigenvalue weighted by Crippen LogP contribution is -2.46. The molecule has 0 radical (unpaired) electrons. The number of nitrogens with one attached hydrogen (secondary N) is 1. The predicted octanol–water partition coefficient (Wildman–Crippen LogP) is 2.13. The molecule has 122 valence electrons. The molecule has 0 saturated carbocycles. The zero-order valence-corrected chi connectivity index (χ0v) is 13.4. The number of carbonyl (C=O) groups is 1. The number of anilines is 3. The first-order chi connectivity index (χ1) is 11.0. The average Bonchev–Trinajstić information content (AvgIpc) is 2.55. The quantitative estimate of drug-likeness (QED) is 0.459. The molecule has 0 aliphatic carbocycles. The highest BCUT2D eigenvalue weighted by molar-refractivity contribution is 5.64. The van der Waals surface area contributed by atoms with E-state index in [4.69, 9.17) is 10.6 Å². The molecule has 2 aromatic rings. The summed E-state index contributed by atoms with van der Waals surface area (Å²) in [7, 11) is 1.61. The second-order valence-corrected chi connectivity index (χ2v) is 5.38. The lowest BCUT2D eigenvalue weighted by atomic mass is 10.1. The van der Waals surface area contributed by atoms with E-state index in [-0.39, 0.29) is 11.9 Å². The molecule has 0 aliphatic heterocycles. The molecule has 0 aliphatic rings. The number of benzene rings is 1. The number of aromatic nitrogens is 2. The molecule has 0 unspecified atom stereocenters. The van der Waals surface area contributed by atoms with Gasteiger partial charge in [0.25, 0.3) is 0 Å². The normalized spacial score (nSPS) is 11.9. The highest BCUT2D eigenvalue weighted by Gasteiger charge is 2.21. The summed E-state index contributed by atoms with van der Waals surface area (Å²) in [5.41, 5.74) is 0.827. The number of hydrogen-bond acceptors (Lipinski definition) is 7. The van der Waals surface area contributed by atoms with Crippen LogP contribution in [-0.4, -0.2) is 29.4 Å². The number of ether oxygens (including phenoxy) is 1. The van der Waals surface area contributed by atoms with E-state index in [1.807, 2.05) is 38.1 Å². The van der Waals surface area contributed by atoms with Crippen molar-refractivity contribution < 1.29 is 9.53 Å². The maximum Gasteiger partial charge on any atom is 0.242 e. The Morgan fingerprint density at radius 3 is 2.78 bits per heavy atom. The van der Waals surface area contributed by atoms with Crippen LogP contribution in [0.5, 0.6) is 5.75 Å². The van der Waals surface area contributed by atoms with Crippen molar-refractivity contribution in [2.24, 2.45) is 11.8 Å². The SMILES string of the molecule is COc1cccc(Nc2ccnc(N(N)[C@@H](C=O)C(C)C)n2)c1. The summed E-state index contributed by atoms with van der Waals surface area (Å²) in [5, 5.41) is 4.44. The Morgan fingerprint density at radius 1 is 1.35 bits per heavy atom. The summed E-state index contributed by atoms with van der Waals surface area (Å²) in [6, 6.07) is 8.72. The van der Waals surface area contributed by atoms with Crippen molar-refractivity contribution in [2.75, 3.05) is 17.4 Å². The van der Waals surface area contributed by atoms with Gasteiger partial charge in [-0.1, -0.05) is 19.9 Å². The third-order valence-corrected chi connectivity index (χ3v) is 3.36. The summed E-state index contributed by atoms with van der Waals surface area (Å²) in [6.45, 7) is 3.83. The van der Waals surface area contributed by atoms with Gasteiger partial charge in [0.1, 0.15) is 23.9 Å². The highest BCUT2D eigenvalue weighted by Crippen LogP contribution is 2.21. The van der Waals surface area contributed by atoms with Crippen LogP contribution in [0.1, 0.15) is 13.8 Å². The van der Waals surface area contributed by atoms with Crippen molar-refractivity contribution in [3.8, 4) is 5.75 Å². The van der Waals surface area contributed by atoms with Crippen molar-refractivity contribution in [3.05, 3.63) is 36.5 Å². The summed E-state index contributed by atoms with van der Waals surface area (Å²) >= 11 is 0.